The average Bonchev–Trinajstić information content (AvgIpc) is 2.80. The second-order valence-electron chi connectivity index (χ2n) is 7.63. The van der Waals surface area contributed by atoms with Crippen molar-refractivity contribution in [2.75, 3.05) is 53.0 Å². The molecule has 7 heteroatoms. The quantitative estimate of drug-likeness (QED) is 0.772. The fourth-order valence-corrected chi connectivity index (χ4v) is 4.04. The van der Waals surface area contributed by atoms with Gasteiger partial charge in [-0.3, -0.25) is 14.7 Å². The van der Waals surface area contributed by atoms with Gasteiger partial charge in [-0.05, 0) is 31.5 Å². The zero-order valence-electron chi connectivity index (χ0n) is 16.9. The molecule has 0 bridgehead atoms. The third kappa shape index (κ3) is 4.92. The van der Waals surface area contributed by atoms with Crippen LogP contribution in [0.2, 0.25) is 0 Å². The first-order valence-electron chi connectivity index (χ1n) is 10.3. The van der Waals surface area contributed by atoms with Gasteiger partial charge in [0.05, 0.1) is 44.5 Å². The SMILES string of the molecule is COc1cccc(-c2cncc([C@H]3CCCN(CC(=O)N4CCOCC4)C3)n2)c1. The lowest BCUT2D eigenvalue weighted by atomic mass is 9.94. The van der Waals surface area contributed by atoms with Crippen LogP contribution in [0.3, 0.4) is 0 Å². The topological polar surface area (TPSA) is 67.8 Å². The van der Waals surface area contributed by atoms with Gasteiger partial charge in [0, 0.05) is 37.3 Å². The van der Waals surface area contributed by atoms with Crippen molar-refractivity contribution < 1.29 is 14.3 Å². The first-order chi connectivity index (χ1) is 14.2. The molecule has 7 nitrogen and oxygen atoms in total. The second-order valence-corrected chi connectivity index (χ2v) is 7.63. The highest BCUT2D eigenvalue weighted by Gasteiger charge is 2.26. The van der Waals surface area contributed by atoms with Crippen molar-refractivity contribution in [3.05, 3.63) is 42.4 Å². The van der Waals surface area contributed by atoms with Crippen molar-refractivity contribution >= 4 is 5.91 Å². The molecule has 1 atom stereocenters. The third-order valence-electron chi connectivity index (χ3n) is 5.67. The Morgan fingerprint density at radius 2 is 2.10 bits per heavy atom. The van der Waals surface area contributed by atoms with Crippen LogP contribution in [-0.2, 0) is 9.53 Å². The molecule has 2 aliphatic rings. The minimum absolute atomic E-state index is 0.199. The molecule has 0 saturated carbocycles. The number of benzene rings is 1. The summed E-state index contributed by atoms with van der Waals surface area (Å²) in [7, 11) is 1.66. The van der Waals surface area contributed by atoms with Crippen LogP contribution in [0.4, 0.5) is 0 Å². The number of hydrogen-bond acceptors (Lipinski definition) is 6. The molecule has 2 aromatic rings. The van der Waals surface area contributed by atoms with Crippen molar-refractivity contribution in [3.63, 3.8) is 0 Å². The van der Waals surface area contributed by atoms with Gasteiger partial charge in [-0.25, -0.2) is 4.98 Å². The Hall–Kier alpha value is -2.51. The van der Waals surface area contributed by atoms with Crippen LogP contribution in [0, 0.1) is 0 Å². The predicted octanol–water partition coefficient (Wildman–Crippen LogP) is 2.19. The van der Waals surface area contributed by atoms with Gasteiger partial charge in [-0.2, -0.15) is 0 Å². The van der Waals surface area contributed by atoms with Gasteiger partial charge in [0.2, 0.25) is 5.91 Å². The van der Waals surface area contributed by atoms with Crippen LogP contribution in [0.1, 0.15) is 24.5 Å². The number of carbonyl (C=O) groups is 1. The monoisotopic (exact) mass is 396 g/mol. The average molecular weight is 396 g/mol. The summed E-state index contributed by atoms with van der Waals surface area (Å²) >= 11 is 0. The lowest BCUT2D eigenvalue weighted by molar-refractivity contribution is -0.136. The number of nitrogens with zero attached hydrogens (tertiary/aromatic N) is 4. The number of piperidine rings is 1. The minimum atomic E-state index is 0.199. The summed E-state index contributed by atoms with van der Waals surface area (Å²) in [5.41, 5.74) is 2.84. The minimum Gasteiger partial charge on any atom is -0.497 e. The standard InChI is InChI=1S/C22H28N4O3/c1-28-19-6-2-4-17(12-19)20-13-23-14-21(24-20)18-5-3-7-25(15-18)16-22(27)26-8-10-29-11-9-26/h2,4,6,12-14,18H,3,5,7-11,15-16H2,1H3/t18-/m0/s1. The molecular formula is C22H28N4O3. The van der Waals surface area contributed by atoms with E-state index in [1.807, 2.05) is 35.4 Å². The highest BCUT2D eigenvalue weighted by atomic mass is 16.5. The largest absolute Gasteiger partial charge is 0.497 e. The summed E-state index contributed by atoms with van der Waals surface area (Å²) in [5.74, 6) is 1.30. The van der Waals surface area contributed by atoms with E-state index in [9.17, 15) is 4.79 Å². The first kappa shape index (κ1) is 19.8. The summed E-state index contributed by atoms with van der Waals surface area (Å²) in [5, 5.41) is 0. The molecule has 0 spiro atoms. The van der Waals surface area contributed by atoms with Crippen molar-refractivity contribution in [1.29, 1.82) is 0 Å². The fourth-order valence-electron chi connectivity index (χ4n) is 4.04. The number of aromatic nitrogens is 2. The van der Waals surface area contributed by atoms with E-state index in [4.69, 9.17) is 14.5 Å². The number of carbonyl (C=O) groups excluding carboxylic acids is 1. The lowest BCUT2D eigenvalue weighted by Crippen LogP contribution is -2.47. The van der Waals surface area contributed by atoms with E-state index in [1.54, 1.807) is 13.3 Å². The van der Waals surface area contributed by atoms with E-state index in [0.717, 1.165) is 48.6 Å². The van der Waals surface area contributed by atoms with E-state index >= 15 is 0 Å². The molecule has 3 heterocycles. The van der Waals surface area contributed by atoms with Crippen LogP contribution in [0.15, 0.2) is 36.7 Å². The molecule has 0 aliphatic carbocycles. The van der Waals surface area contributed by atoms with Crippen molar-refractivity contribution in [1.82, 2.24) is 19.8 Å². The van der Waals surface area contributed by atoms with Gasteiger partial charge in [0.1, 0.15) is 5.75 Å². The smallest absolute Gasteiger partial charge is 0.236 e. The maximum atomic E-state index is 12.6. The molecule has 1 aromatic carbocycles. The maximum Gasteiger partial charge on any atom is 0.236 e. The highest BCUT2D eigenvalue weighted by Crippen LogP contribution is 2.28. The normalized spacial score (nSPS) is 20.4. The summed E-state index contributed by atoms with van der Waals surface area (Å²) in [6.07, 6.45) is 5.78. The van der Waals surface area contributed by atoms with Crippen LogP contribution < -0.4 is 4.74 Å². The molecule has 0 radical (unpaired) electrons. The van der Waals surface area contributed by atoms with Gasteiger partial charge in [-0.15, -0.1) is 0 Å². The molecule has 1 amide bonds. The van der Waals surface area contributed by atoms with Gasteiger partial charge < -0.3 is 14.4 Å². The summed E-state index contributed by atoms with van der Waals surface area (Å²) in [4.78, 5) is 26.1. The Labute approximate surface area is 171 Å². The molecule has 1 aromatic heterocycles. The van der Waals surface area contributed by atoms with Crippen molar-refractivity contribution in [2.24, 2.45) is 0 Å². The summed E-state index contributed by atoms with van der Waals surface area (Å²) in [6.45, 7) is 4.94. The zero-order valence-corrected chi connectivity index (χ0v) is 16.9. The van der Waals surface area contributed by atoms with Crippen LogP contribution in [-0.4, -0.2) is 78.7 Å². The zero-order chi connectivity index (χ0) is 20.1. The van der Waals surface area contributed by atoms with Gasteiger partial charge in [0.25, 0.3) is 0 Å². The van der Waals surface area contributed by atoms with Crippen molar-refractivity contribution in [2.45, 2.75) is 18.8 Å². The molecule has 2 fully saturated rings. The Bertz CT molecular complexity index is 838. The van der Waals surface area contributed by atoms with Crippen LogP contribution in [0.25, 0.3) is 11.3 Å². The number of hydrogen-bond donors (Lipinski definition) is 0. The van der Waals surface area contributed by atoms with E-state index in [-0.39, 0.29) is 5.91 Å². The van der Waals surface area contributed by atoms with E-state index < -0.39 is 0 Å². The summed E-state index contributed by atoms with van der Waals surface area (Å²) in [6, 6.07) is 7.87. The Kier molecular flexibility index (Phi) is 6.36. The molecule has 0 unspecified atom stereocenters. The van der Waals surface area contributed by atoms with E-state index in [1.165, 1.54) is 0 Å². The molecule has 4 rings (SSSR count). The van der Waals surface area contributed by atoms with Gasteiger partial charge in [0.15, 0.2) is 0 Å². The van der Waals surface area contributed by atoms with Crippen LogP contribution in [0.5, 0.6) is 5.75 Å². The van der Waals surface area contributed by atoms with Gasteiger partial charge in [-0.1, -0.05) is 12.1 Å². The second kappa shape index (κ2) is 9.33. The molecule has 29 heavy (non-hydrogen) atoms. The third-order valence-corrected chi connectivity index (χ3v) is 5.67. The lowest BCUT2D eigenvalue weighted by Gasteiger charge is -2.34. The Morgan fingerprint density at radius 1 is 1.24 bits per heavy atom. The number of likely N-dealkylation sites (tertiary alicyclic amines) is 1. The van der Waals surface area contributed by atoms with Gasteiger partial charge >= 0.3 is 0 Å². The molecule has 2 saturated heterocycles. The van der Waals surface area contributed by atoms with E-state index in [2.05, 4.69) is 9.88 Å². The number of rotatable bonds is 5. The van der Waals surface area contributed by atoms with Crippen LogP contribution >= 0.6 is 0 Å². The molecule has 154 valence electrons. The number of ether oxygens (including phenoxy) is 2. The predicted molar refractivity (Wildman–Crippen MR) is 110 cm³/mol. The van der Waals surface area contributed by atoms with Crippen molar-refractivity contribution in [3.8, 4) is 17.0 Å². The first-order valence-corrected chi connectivity index (χ1v) is 10.3. The van der Waals surface area contributed by atoms with E-state index in [0.29, 0.717) is 38.8 Å². The summed E-state index contributed by atoms with van der Waals surface area (Å²) < 4.78 is 10.7. The molecular weight excluding hydrogens is 368 g/mol. The highest BCUT2D eigenvalue weighted by molar-refractivity contribution is 5.78. The number of amides is 1. The Morgan fingerprint density at radius 3 is 2.93 bits per heavy atom. The molecule has 2 aliphatic heterocycles. The fraction of sp³-hybridized carbons (Fsp3) is 0.500. The molecule has 0 N–H and O–H groups in total. The number of morpholine rings is 1. The number of methoxy groups -OCH3 is 1. The Balaban J connectivity index is 1.43. The maximum absolute atomic E-state index is 12.6.